The smallest absolute Gasteiger partial charge is 0.279 e. The maximum atomic E-state index is 12.9. The zero-order chi connectivity index (χ0) is 24.9. The molecule has 0 saturated heterocycles. The third-order valence-electron chi connectivity index (χ3n) is 5.29. The summed E-state index contributed by atoms with van der Waals surface area (Å²) < 4.78 is 30.0. The highest BCUT2D eigenvalue weighted by atomic mass is 32.2. The van der Waals surface area contributed by atoms with Crippen LogP contribution in [0.15, 0.2) is 90.3 Å². The molecule has 1 heterocycles. The molecule has 34 heavy (non-hydrogen) atoms. The van der Waals surface area contributed by atoms with Gasteiger partial charge in [-0.1, -0.05) is 49.5 Å². The fourth-order valence-corrected chi connectivity index (χ4v) is 5.94. The molecule has 0 aliphatic carbocycles. The number of hydrogen-bond donors (Lipinski definition) is 0. The first kappa shape index (κ1) is 25.6. The summed E-state index contributed by atoms with van der Waals surface area (Å²) in [7, 11) is -3.73. The van der Waals surface area contributed by atoms with Crippen LogP contribution in [0, 0.1) is 0 Å². The van der Waals surface area contributed by atoms with Crippen LogP contribution in [-0.4, -0.2) is 36.3 Å². The average Bonchev–Trinajstić information content (AvgIpc) is 3.15. The summed E-state index contributed by atoms with van der Waals surface area (Å²) in [6.07, 6.45) is 4.81. The van der Waals surface area contributed by atoms with Crippen LogP contribution < -0.4 is 4.80 Å². The van der Waals surface area contributed by atoms with Gasteiger partial charge in [0.2, 0.25) is 10.0 Å². The zero-order valence-electron chi connectivity index (χ0n) is 19.5. The van der Waals surface area contributed by atoms with Crippen molar-refractivity contribution in [2.75, 3.05) is 13.1 Å². The molecule has 1 aromatic heterocycles. The lowest BCUT2D eigenvalue weighted by atomic mass is 10.0. The highest BCUT2D eigenvalue weighted by Gasteiger charge is 2.22. The van der Waals surface area contributed by atoms with Crippen LogP contribution in [0.5, 0.6) is 0 Å². The molecule has 6 nitrogen and oxygen atoms in total. The fraction of sp³-hybridized carbons (Fsp3) is 0.231. The van der Waals surface area contributed by atoms with Crippen molar-refractivity contribution in [3.63, 3.8) is 0 Å². The number of aromatic nitrogens is 1. The standard InChI is InChI=1S/C26H29N3O3S2/c1-6-15-28(16-7-2)34(31,32)22-12-9-20(10-13-22)25(30)27-26-29(17-8-3)23-14-11-21(19(4)5)18-24(23)33-26/h6-14,18-19H,1-3,15-17H2,4-5H3. The van der Waals surface area contributed by atoms with Crippen LogP contribution in [0.4, 0.5) is 0 Å². The predicted octanol–water partition coefficient (Wildman–Crippen LogP) is 5.12. The van der Waals surface area contributed by atoms with Crippen LogP contribution in [0.3, 0.4) is 0 Å². The molecule has 3 rings (SSSR count). The first-order valence-electron chi connectivity index (χ1n) is 10.9. The van der Waals surface area contributed by atoms with Gasteiger partial charge < -0.3 is 4.57 Å². The second-order valence-electron chi connectivity index (χ2n) is 8.01. The summed E-state index contributed by atoms with van der Waals surface area (Å²) in [6.45, 7) is 16.2. The van der Waals surface area contributed by atoms with E-state index in [0.717, 1.165) is 10.2 Å². The number of carbonyl (C=O) groups is 1. The molecule has 0 N–H and O–H groups in total. The maximum Gasteiger partial charge on any atom is 0.279 e. The van der Waals surface area contributed by atoms with Crippen molar-refractivity contribution in [3.05, 3.63) is 96.4 Å². The molecule has 8 heteroatoms. The van der Waals surface area contributed by atoms with Crippen molar-refractivity contribution in [2.45, 2.75) is 31.2 Å². The van der Waals surface area contributed by atoms with E-state index in [1.54, 1.807) is 6.08 Å². The van der Waals surface area contributed by atoms with Gasteiger partial charge in [0.15, 0.2) is 4.80 Å². The lowest BCUT2D eigenvalue weighted by Crippen LogP contribution is -2.31. The van der Waals surface area contributed by atoms with Crippen molar-refractivity contribution in [1.29, 1.82) is 0 Å². The monoisotopic (exact) mass is 495 g/mol. The van der Waals surface area contributed by atoms with Crippen molar-refractivity contribution in [3.8, 4) is 0 Å². The van der Waals surface area contributed by atoms with Crippen molar-refractivity contribution in [1.82, 2.24) is 8.87 Å². The van der Waals surface area contributed by atoms with Gasteiger partial charge in [0.05, 0.1) is 15.1 Å². The molecule has 0 saturated carbocycles. The minimum Gasteiger partial charge on any atom is -0.312 e. The van der Waals surface area contributed by atoms with E-state index >= 15 is 0 Å². The summed E-state index contributed by atoms with van der Waals surface area (Å²) in [5.74, 6) is -0.0449. The number of benzene rings is 2. The normalized spacial score (nSPS) is 12.4. The van der Waals surface area contributed by atoms with Gasteiger partial charge in [-0.25, -0.2) is 8.42 Å². The minimum atomic E-state index is -3.73. The maximum absolute atomic E-state index is 12.9. The van der Waals surface area contributed by atoms with Crippen LogP contribution in [0.25, 0.3) is 10.2 Å². The van der Waals surface area contributed by atoms with Gasteiger partial charge in [0.1, 0.15) is 0 Å². The van der Waals surface area contributed by atoms with Gasteiger partial charge in [-0.15, -0.1) is 19.7 Å². The quantitative estimate of drug-likeness (QED) is 0.367. The minimum absolute atomic E-state index is 0.0950. The van der Waals surface area contributed by atoms with E-state index in [9.17, 15) is 13.2 Å². The van der Waals surface area contributed by atoms with Gasteiger partial charge in [-0.05, 0) is 47.9 Å². The molecule has 0 atom stereocenters. The summed E-state index contributed by atoms with van der Waals surface area (Å²) in [5, 5.41) is 0. The van der Waals surface area contributed by atoms with Gasteiger partial charge in [-0.2, -0.15) is 9.30 Å². The number of rotatable bonds is 10. The number of fused-ring (bicyclic) bond motifs is 1. The Morgan fingerprint density at radius 3 is 2.26 bits per heavy atom. The number of sulfonamides is 1. The Bertz CT molecular complexity index is 1390. The molecular weight excluding hydrogens is 466 g/mol. The van der Waals surface area contributed by atoms with Gasteiger partial charge in [0, 0.05) is 25.2 Å². The highest BCUT2D eigenvalue weighted by Crippen LogP contribution is 2.24. The van der Waals surface area contributed by atoms with Crippen molar-refractivity contribution in [2.24, 2.45) is 4.99 Å². The number of amides is 1. The Morgan fingerprint density at radius 1 is 1.06 bits per heavy atom. The largest absolute Gasteiger partial charge is 0.312 e. The Morgan fingerprint density at radius 2 is 1.71 bits per heavy atom. The third kappa shape index (κ3) is 5.35. The molecule has 0 bridgehead atoms. The van der Waals surface area contributed by atoms with Crippen LogP contribution in [0.2, 0.25) is 0 Å². The number of thiazole rings is 1. The SMILES string of the molecule is C=CCN(CC=C)S(=O)(=O)c1ccc(C(=O)N=c2sc3cc(C(C)C)ccc3n2CC=C)cc1. The van der Waals surface area contributed by atoms with E-state index in [4.69, 9.17) is 0 Å². The number of nitrogens with zero attached hydrogens (tertiary/aromatic N) is 3. The first-order valence-corrected chi connectivity index (χ1v) is 13.1. The number of carbonyl (C=O) groups excluding carboxylic acids is 1. The van der Waals surface area contributed by atoms with E-state index in [2.05, 4.69) is 50.7 Å². The second-order valence-corrected chi connectivity index (χ2v) is 11.0. The molecule has 3 aromatic rings. The average molecular weight is 496 g/mol. The summed E-state index contributed by atoms with van der Waals surface area (Å²) in [5.41, 5.74) is 2.52. The molecule has 2 aromatic carbocycles. The lowest BCUT2D eigenvalue weighted by molar-refractivity contribution is 0.0997. The van der Waals surface area contributed by atoms with Crippen LogP contribution in [0.1, 0.15) is 35.7 Å². The number of allylic oxidation sites excluding steroid dienone is 1. The molecule has 0 fully saturated rings. The summed E-state index contributed by atoms with van der Waals surface area (Å²) in [4.78, 5) is 18.0. The van der Waals surface area contributed by atoms with E-state index in [0.29, 0.717) is 22.8 Å². The second kappa shape index (κ2) is 10.9. The Labute approximate surface area is 204 Å². The number of hydrogen-bond acceptors (Lipinski definition) is 4. The molecule has 0 aliphatic rings. The van der Waals surface area contributed by atoms with E-state index in [1.807, 2.05) is 10.6 Å². The third-order valence-corrected chi connectivity index (χ3v) is 8.17. The van der Waals surface area contributed by atoms with E-state index in [-0.39, 0.29) is 18.0 Å². The fourth-order valence-electron chi connectivity index (χ4n) is 3.47. The van der Waals surface area contributed by atoms with E-state index in [1.165, 1.54) is 57.6 Å². The van der Waals surface area contributed by atoms with Crippen LogP contribution >= 0.6 is 11.3 Å². The van der Waals surface area contributed by atoms with Crippen molar-refractivity contribution >= 4 is 37.5 Å². The van der Waals surface area contributed by atoms with Crippen LogP contribution in [-0.2, 0) is 16.6 Å². The molecule has 178 valence electrons. The van der Waals surface area contributed by atoms with E-state index < -0.39 is 15.9 Å². The van der Waals surface area contributed by atoms with Gasteiger partial charge in [0.25, 0.3) is 5.91 Å². The Balaban J connectivity index is 1.98. The summed E-state index contributed by atoms with van der Waals surface area (Å²) >= 11 is 1.45. The zero-order valence-corrected chi connectivity index (χ0v) is 21.1. The first-order chi connectivity index (χ1) is 16.2. The molecule has 1 amide bonds. The molecule has 0 unspecified atom stereocenters. The molecular formula is C26H29N3O3S2. The highest BCUT2D eigenvalue weighted by molar-refractivity contribution is 7.89. The molecule has 0 aliphatic heterocycles. The Hall–Kier alpha value is -3.07. The van der Waals surface area contributed by atoms with Gasteiger partial charge >= 0.3 is 0 Å². The molecule has 0 spiro atoms. The Kier molecular flexibility index (Phi) is 8.19. The topological polar surface area (TPSA) is 71.7 Å². The predicted molar refractivity (Wildman–Crippen MR) is 140 cm³/mol. The molecule has 0 radical (unpaired) electrons. The lowest BCUT2D eigenvalue weighted by Gasteiger charge is -2.19. The van der Waals surface area contributed by atoms with Crippen molar-refractivity contribution < 1.29 is 13.2 Å². The summed E-state index contributed by atoms with van der Waals surface area (Å²) in [6, 6.07) is 12.1. The van der Waals surface area contributed by atoms with Gasteiger partial charge in [-0.3, -0.25) is 4.79 Å².